The second-order valence-electron chi connectivity index (χ2n) is 10.7. The predicted octanol–water partition coefficient (Wildman–Crippen LogP) is 6.71. The summed E-state index contributed by atoms with van der Waals surface area (Å²) in [4.78, 5) is 0. The van der Waals surface area contributed by atoms with Gasteiger partial charge in [-0.2, -0.15) is 0 Å². The summed E-state index contributed by atoms with van der Waals surface area (Å²) in [6.45, 7) is 7.08. The number of rotatable bonds is 0. The van der Waals surface area contributed by atoms with Crippen LogP contribution in [0.5, 0.6) is 0 Å². The molecule has 0 aromatic heterocycles. The molecule has 26 heavy (non-hydrogen) atoms. The molecule has 0 N–H and O–H groups in total. The van der Waals surface area contributed by atoms with Gasteiger partial charge in [0.05, 0.1) is 0 Å². The van der Waals surface area contributed by atoms with E-state index in [4.69, 9.17) is 0 Å². The summed E-state index contributed by atoms with van der Waals surface area (Å²) < 4.78 is 0. The van der Waals surface area contributed by atoms with Crippen molar-refractivity contribution in [1.29, 1.82) is 0 Å². The summed E-state index contributed by atoms with van der Waals surface area (Å²) in [5.41, 5.74) is 8.50. The predicted molar refractivity (Wildman–Crippen MR) is 108 cm³/mol. The van der Waals surface area contributed by atoms with Crippen LogP contribution < -0.4 is 0 Å². The Morgan fingerprint density at radius 3 is 2.00 bits per heavy atom. The zero-order chi connectivity index (χ0) is 17.7. The van der Waals surface area contributed by atoms with Crippen molar-refractivity contribution in [3.63, 3.8) is 0 Å². The first kappa shape index (κ1) is 15.5. The number of benzene rings is 2. The summed E-state index contributed by atoms with van der Waals surface area (Å²) >= 11 is 0. The van der Waals surface area contributed by atoms with Crippen LogP contribution in [0.15, 0.2) is 42.5 Å². The largest absolute Gasteiger partial charge is 0.0619 e. The molecule has 4 bridgehead atoms. The van der Waals surface area contributed by atoms with Gasteiger partial charge in [0, 0.05) is 5.41 Å². The van der Waals surface area contributed by atoms with Gasteiger partial charge in [0.2, 0.25) is 0 Å². The summed E-state index contributed by atoms with van der Waals surface area (Å²) in [7, 11) is 0. The maximum Gasteiger partial charge on any atom is 0.0272 e. The standard InChI is InChI=1S/C26H30/c1-25(2,3)18-8-9-22-21-6-4-5-7-23(21)26(24(22)15-18)19-11-16-10-17(13-19)14-20(26)12-16/h4-9,15-17,19-20H,10-14H2,1-3H3. The normalized spacial score (nSPS) is 36.4. The van der Waals surface area contributed by atoms with Crippen LogP contribution in [0.2, 0.25) is 0 Å². The van der Waals surface area contributed by atoms with Gasteiger partial charge in [-0.15, -0.1) is 0 Å². The van der Waals surface area contributed by atoms with Crippen molar-refractivity contribution in [1.82, 2.24) is 0 Å². The number of fused-ring (bicyclic) bond motifs is 3. The molecule has 1 spiro atoms. The molecular formula is C26H30. The lowest BCUT2D eigenvalue weighted by molar-refractivity contribution is -0.0399. The Morgan fingerprint density at radius 2 is 1.35 bits per heavy atom. The minimum atomic E-state index is 0.219. The third-order valence-corrected chi connectivity index (χ3v) is 8.42. The maximum absolute atomic E-state index is 2.62. The van der Waals surface area contributed by atoms with Gasteiger partial charge in [0.15, 0.2) is 0 Å². The van der Waals surface area contributed by atoms with Gasteiger partial charge in [-0.1, -0.05) is 63.2 Å². The number of hydrogen-bond donors (Lipinski definition) is 0. The fourth-order valence-electron chi connectivity index (χ4n) is 7.62. The van der Waals surface area contributed by atoms with Crippen LogP contribution in [-0.4, -0.2) is 0 Å². The van der Waals surface area contributed by atoms with Crippen molar-refractivity contribution in [3.05, 3.63) is 59.2 Å². The Labute approximate surface area is 158 Å². The molecule has 134 valence electrons. The Bertz CT molecular complexity index is 866. The zero-order valence-electron chi connectivity index (χ0n) is 16.4. The van der Waals surface area contributed by atoms with Crippen LogP contribution in [0.25, 0.3) is 11.1 Å². The monoisotopic (exact) mass is 342 g/mol. The van der Waals surface area contributed by atoms with Gasteiger partial charge in [0.25, 0.3) is 0 Å². The molecule has 7 rings (SSSR count). The topological polar surface area (TPSA) is 0 Å². The van der Waals surface area contributed by atoms with E-state index in [2.05, 4.69) is 63.2 Å². The third-order valence-electron chi connectivity index (χ3n) is 8.42. The first-order valence-corrected chi connectivity index (χ1v) is 10.7. The quantitative estimate of drug-likeness (QED) is 0.499. The first-order valence-electron chi connectivity index (χ1n) is 10.7. The van der Waals surface area contributed by atoms with Crippen LogP contribution in [0, 0.1) is 23.7 Å². The summed E-state index contributed by atoms with van der Waals surface area (Å²) in [6, 6.07) is 16.9. The Morgan fingerprint density at radius 1 is 0.731 bits per heavy atom. The highest BCUT2D eigenvalue weighted by Gasteiger charge is 2.61. The lowest BCUT2D eigenvalue weighted by atomic mass is 9.43. The molecule has 2 aromatic carbocycles. The maximum atomic E-state index is 2.62. The van der Waals surface area contributed by atoms with Gasteiger partial charge in [-0.05, 0) is 89.0 Å². The smallest absolute Gasteiger partial charge is 0.0272 e. The molecule has 4 fully saturated rings. The molecule has 2 aromatic rings. The van der Waals surface area contributed by atoms with E-state index in [0.717, 1.165) is 23.7 Å². The van der Waals surface area contributed by atoms with E-state index in [0.29, 0.717) is 5.41 Å². The zero-order valence-corrected chi connectivity index (χ0v) is 16.4. The first-order chi connectivity index (χ1) is 12.5. The fraction of sp³-hybridized carbons (Fsp3) is 0.538. The van der Waals surface area contributed by atoms with E-state index in [1.807, 2.05) is 0 Å². The third kappa shape index (κ3) is 1.77. The molecule has 0 heterocycles. The van der Waals surface area contributed by atoms with Crippen molar-refractivity contribution in [2.75, 3.05) is 0 Å². The molecule has 0 aliphatic heterocycles. The summed E-state index contributed by atoms with van der Waals surface area (Å²) in [5.74, 6) is 3.78. The second kappa shape index (κ2) is 4.83. The average Bonchev–Trinajstić information content (AvgIpc) is 2.89. The van der Waals surface area contributed by atoms with E-state index in [-0.39, 0.29) is 5.41 Å². The minimum Gasteiger partial charge on any atom is -0.0619 e. The van der Waals surface area contributed by atoms with Crippen molar-refractivity contribution < 1.29 is 0 Å². The van der Waals surface area contributed by atoms with E-state index >= 15 is 0 Å². The van der Waals surface area contributed by atoms with Crippen LogP contribution in [0.3, 0.4) is 0 Å². The minimum absolute atomic E-state index is 0.219. The molecule has 0 atom stereocenters. The SMILES string of the molecule is CC(C)(C)c1ccc2c(c1)C1(c3ccccc3-2)C2CC3CC(C2)CC1C3. The number of hydrogen-bond acceptors (Lipinski definition) is 0. The van der Waals surface area contributed by atoms with Gasteiger partial charge in [-0.3, -0.25) is 0 Å². The molecule has 4 saturated carbocycles. The van der Waals surface area contributed by atoms with Gasteiger partial charge >= 0.3 is 0 Å². The second-order valence-corrected chi connectivity index (χ2v) is 10.7. The molecule has 5 aliphatic carbocycles. The van der Waals surface area contributed by atoms with Crippen LogP contribution in [0.4, 0.5) is 0 Å². The molecule has 5 aliphatic rings. The summed E-state index contributed by atoms with van der Waals surface area (Å²) in [5, 5.41) is 0. The highest BCUT2D eigenvalue weighted by molar-refractivity contribution is 5.82. The highest BCUT2D eigenvalue weighted by Crippen LogP contribution is 2.69. The molecule has 0 heteroatoms. The molecule has 0 amide bonds. The Hall–Kier alpha value is -1.56. The van der Waals surface area contributed by atoms with Gasteiger partial charge < -0.3 is 0 Å². The van der Waals surface area contributed by atoms with Gasteiger partial charge in [-0.25, -0.2) is 0 Å². The molecule has 0 saturated heterocycles. The summed E-state index contributed by atoms with van der Waals surface area (Å²) in [6.07, 6.45) is 7.42. The Kier molecular flexibility index (Phi) is 2.88. The van der Waals surface area contributed by atoms with Crippen molar-refractivity contribution in [2.45, 2.75) is 63.7 Å². The highest BCUT2D eigenvalue weighted by atomic mass is 14.6. The fourth-order valence-corrected chi connectivity index (χ4v) is 7.62. The van der Waals surface area contributed by atoms with E-state index in [1.165, 1.54) is 43.2 Å². The van der Waals surface area contributed by atoms with Crippen LogP contribution >= 0.6 is 0 Å². The molecule has 0 unspecified atom stereocenters. The van der Waals surface area contributed by atoms with Crippen LogP contribution in [-0.2, 0) is 10.8 Å². The van der Waals surface area contributed by atoms with Crippen molar-refractivity contribution in [3.8, 4) is 11.1 Å². The van der Waals surface area contributed by atoms with E-state index in [1.54, 1.807) is 16.7 Å². The lowest BCUT2D eigenvalue weighted by Gasteiger charge is -2.61. The van der Waals surface area contributed by atoms with Crippen molar-refractivity contribution >= 4 is 0 Å². The van der Waals surface area contributed by atoms with Crippen LogP contribution in [0.1, 0.15) is 69.6 Å². The van der Waals surface area contributed by atoms with Gasteiger partial charge in [0.1, 0.15) is 0 Å². The lowest BCUT2D eigenvalue weighted by Crippen LogP contribution is -2.55. The van der Waals surface area contributed by atoms with E-state index < -0.39 is 0 Å². The molecule has 0 radical (unpaired) electrons. The molecule has 0 nitrogen and oxygen atoms in total. The average molecular weight is 343 g/mol. The molecular weight excluding hydrogens is 312 g/mol. The van der Waals surface area contributed by atoms with E-state index in [9.17, 15) is 0 Å². The van der Waals surface area contributed by atoms with Crippen molar-refractivity contribution in [2.24, 2.45) is 23.7 Å². The Balaban J connectivity index is 1.65.